The number of nitrogens with zero attached hydrogens (tertiary/aromatic N) is 2. The third-order valence-corrected chi connectivity index (χ3v) is 3.25. The van der Waals surface area contributed by atoms with E-state index < -0.39 is 0 Å². The molecule has 1 aliphatic rings. The third-order valence-electron chi connectivity index (χ3n) is 3.25. The van der Waals surface area contributed by atoms with E-state index in [1.165, 1.54) is 6.07 Å². The van der Waals surface area contributed by atoms with Gasteiger partial charge in [0.25, 0.3) is 5.91 Å². The Balaban J connectivity index is 2.13. The molecule has 0 saturated carbocycles. The van der Waals surface area contributed by atoms with Gasteiger partial charge in [0.15, 0.2) is 0 Å². The van der Waals surface area contributed by atoms with E-state index in [1.54, 1.807) is 17.0 Å². The second-order valence-electron chi connectivity index (χ2n) is 4.51. The number of rotatable bonds is 1. The quantitative estimate of drug-likeness (QED) is 0.754. The number of nitrogens with one attached hydrogen (secondary N) is 1. The number of likely N-dealkylation sites (N-methyl/N-ethyl adjacent to an activating group) is 1. The summed E-state index contributed by atoms with van der Waals surface area (Å²) in [7, 11) is 2.05. The van der Waals surface area contributed by atoms with Crippen LogP contribution in [0.1, 0.15) is 17.4 Å². The molecule has 0 spiro atoms. The summed E-state index contributed by atoms with van der Waals surface area (Å²) >= 11 is 0. The van der Waals surface area contributed by atoms with Gasteiger partial charge in [-0.15, -0.1) is 0 Å². The molecule has 1 atom stereocenters. The maximum Gasteiger partial charge on any atom is 0.270 e. The largest absolute Gasteiger partial charge is 0.335 e. The molecule has 0 aromatic carbocycles. The molecule has 1 fully saturated rings. The summed E-state index contributed by atoms with van der Waals surface area (Å²) in [5.74, 6) is -0.0948. The molecule has 2 heterocycles. The number of piperazine rings is 1. The summed E-state index contributed by atoms with van der Waals surface area (Å²) in [4.78, 5) is 29.9. The van der Waals surface area contributed by atoms with Crippen LogP contribution in [0.3, 0.4) is 0 Å². The van der Waals surface area contributed by atoms with Crippen LogP contribution < -0.4 is 5.56 Å². The van der Waals surface area contributed by atoms with Gasteiger partial charge >= 0.3 is 0 Å². The van der Waals surface area contributed by atoms with Gasteiger partial charge in [0.1, 0.15) is 5.69 Å². The van der Waals surface area contributed by atoms with Crippen molar-refractivity contribution < 1.29 is 4.79 Å². The fourth-order valence-electron chi connectivity index (χ4n) is 1.98. The molecule has 1 aliphatic heterocycles. The number of amides is 1. The van der Waals surface area contributed by atoms with E-state index in [4.69, 9.17) is 0 Å². The predicted octanol–water partition coefficient (Wildman–Crippen LogP) is 0.151. The first-order chi connectivity index (χ1) is 8.08. The number of carbonyl (C=O) groups excluding carboxylic acids is 1. The van der Waals surface area contributed by atoms with Crippen LogP contribution >= 0.6 is 0 Å². The number of aromatic nitrogens is 1. The van der Waals surface area contributed by atoms with Gasteiger partial charge in [-0.1, -0.05) is 6.07 Å². The molecule has 92 valence electrons. The highest BCUT2D eigenvalue weighted by atomic mass is 16.2. The van der Waals surface area contributed by atoms with Crippen LogP contribution in [0.15, 0.2) is 23.0 Å². The van der Waals surface area contributed by atoms with Crippen molar-refractivity contribution in [3.05, 3.63) is 34.2 Å². The fraction of sp³-hybridized carbons (Fsp3) is 0.500. The average Bonchev–Trinajstić information content (AvgIpc) is 2.32. The lowest BCUT2D eigenvalue weighted by molar-refractivity contribution is 0.0566. The van der Waals surface area contributed by atoms with Gasteiger partial charge in [0.05, 0.1) is 0 Å². The van der Waals surface area contributed by atoms with Gasteiger partial charge in [-0.05, 0) is 20.0 Å². The van der Waals surface area contributed by atoms with Crippen LogP contribution in [0.25, 0.3) is 0 Å². The minimum absolute atomic E-state index is 0.0948. The second-order valence-corrected chi connectivity index (χ2v) is 4.51. The van der Waals surface area contributed by atoms with Crippen molar-refractivity contribution >= 4 is 5.91 Å². The number of pyridine rings is 1. The van der Waals surface area contributed by atoms with E-state index in [1.807, 2.05) is 0 Å². The highest BCUT2D eigenvalue weighted by Gasteiger charge is 2.25. The summed E-state index contributed by atoms with van der Waals surface area (Å²) < 4.78 is 0. The maximum atomic E-state index is 12.1. The Labute approximate surface area is 100 Å². The lowest BCUT2D eigenvalue weighted by Crippen LogP contribution is -2.52. The van der Waals surface area contributed by atoms with Crippen LogP contribution in [0.5, 0.6) is 0 Å². The topological polar surface area (TPSA) is 56.4 Å². The molecule has 1 N–H and O–H groups in total. The molecule has 1 aromatic rings. The van der Waals surface area contributed by atoms with Crippen molar-refractivity contribution in [3.8, 4) is 0 Å². The predicted molar refractivity (Wildman–Crippen MR) is 65.1 cm³/mol. The minimum Gasteiger partial charge on any atom is -0.335 e. The zero-order valence-corrected chi connectivity index (χ0v) is 10.1. The standard InChI is InChI=1S/C12H17N3O2/c1-9-8-15(7-6-14(9)2)12(17)10-4-3-5-11(16)13-10/h3-5,9H,6-8H2,1-2H3,(H,13,16). The maximum absolute atomic E-state index is 12.1. The van der Waals surface area contributed by atoms with Gasteiger partial charge in [0, 0.05) is 31.7 Å². The fourth-order valence-corrected chi connectivity index (χ4v) is 1.98. The van der Waals surface area contributed by atoms with Crippen LogP contribution in [0.2, 0.25) is 0 Å². The zero-order valence-electron chi connectivity index (χ0n) is 10.1. The van der Waals surface area contributed by atoms with Crippen molar-refractivity contribution in [1.82, 2.24) is 14.8 Å². The number of aromatic amines is 1. The molecule has 1 amide bonds. The molecule has 1 aromatic heterocycles. The molecule has 5 nitrogen and oxygen atoms in total. The molecule has 0 aliphatic carbocycles. The first-order valence-electron chi connectivity index (χ1n) is 5.77. The Hall–Kier alpha value is -1.62. The van der Waals surface area contributed by atoms with Gasteiger partial charge < -0.3 is 14.8 Å². The third kappa shape index (κ3) is 2.55. The van der Waals surface area contributed by atoms with Gasteiger partial charge in [-0.25, -0.2) is 0 Å². The monoisotopic (exact) mass is 235 g/mol. The number of H-pyrrole nitrogens is 1. The Bertz CT molecular complexity index is 469. The molecular weight excluding hydrogens is 218 g/mol. The molecule has 2 rings (SSSR count). The minimum atomic E-state index is -0.238. The normalized spacial score (nSPS) is 21.5. The Morgan fingerprint density at radius 3 is 2.82 bits per heavy atom. The average molecular weight is 235 g/mol. The van der Waals surface area contributed by atoms with E-state index in [2.05, 4.69) is 23.9 Å². The van der Waals surface area contributed by atoms with E-state index >= 15 is 0 Å². The molecule has 1 unspecified atom stereocenters. The van der Waals surface area contributed by atoms with Gasteiger partial charge in [-0.2, -0.15) is 0 Å². The molecule has 5 heteroatoms. The lowest BCUT2D eigenvalue weighted by atomic mass is 10.2. The van der Waals surface area contributed by atoms with E-state index in [-0.39, 0.29) is 11.5 Å². The molecule has 0 bridgehead atoms. The van der Waals surface area contributed by atoms with Crippen LogP contribution in [-0.2, 0) is 0 Å². The molecule has 17 heavy (non-hydrogen) atoms. The first-order valence-corrected chi connectivity index (χ1v) is 5.77. The van der Waals surface area contributed by atoms with E-state index in [0.29, 0.717) is 24.8 Å². The van der Waals surface area contributed by atoms with Crippen molar-refractivity contribution in [2.24, 2.45) is 0 Å². The van der Waals surface area contributed by atoms with Gasteiger partial charge in [0.2, 0.25) is 5.56 Å². The Kier molecular flexibility index (Phi) is 3.28. The Morgan fingerprint density at radius 2 is 2.18 bits per heavy atom. The van der Waals surface area contributed by atoms with Crippen LogP contribution in [0.4, 0.5) is 0 Å². The summed E-state index contributed by atoms with van der Waals surface area (Å²) in [6.07, 6.45) is 0. The molecule has 1 saturated heterocycles. The second kappa shape index (κ2) is 4.71. The number of carbonyl (C=O) groups is 1. The number of hydrogen-bond acceptors (Lipinski definition) is 3. The van der Waals surface area contributed by atoms with Crippen LogP contribution in [0, 0.1) is 0 Å². The molecular formula is C12H17N3O2. The lowest BCUT2D eigenvalue weighted by Gasteiger charge is -2.37. The van der Waals surface area contributed by atoms with E-state index in [9.17, 15) is 9.59 Å². The first kappa shape index (κ1) is 11.9. The highest BCUT2D eigenvalue weighted by Crippen LogP contribution is 2.09. The van der Waals surface area contributed by atoms with Crippen molar-refractivity contribution in [3.63, 3.8) is 0 Å². The van der Waals surface area contributed by atoms with Crippen molar-refractivity contribution in [1.29, 1.82) is 0 Å². The Morgan fingerprint density at radius 1 is 1.41 bits per heavy atom. The van der Waals surface area contributed by atoms with Crippen LogP contribution in [-0.4, -0.2) is 53.4 Å². The summed E-state index contributed by atoms with van der Waals surface area (Å²) in [6, 6.07) is 5.00. The number of hydrogen-bond donors (Lipinski definition) is 1. The summed E-state index contributed by atoms with van der Waals surface area (Å²) in [5.41, 5.74) is 0.132. The van der Waals surface area contributed by atoms with Gasteiger partial charge in [-0.3, -0.25) is 9.59 Å². The van der Waals surface area contributed by atoms with E-state index in [0.717, 1.165) is 6.54 Å². The highest BCUT2D eigenvalue weighted by molar-refractivity contribution is 5.92. The summed E-state index contributed by atoms with van der Waals surface area (Å²) in [6.45, 7) is 4.36. The van der Waals surface area contributed by atoms with Crippen molar-refractivity contribution in [2.75, 3.05) is 26.7 Å². The zero-order chi connectivity index (χ0) is 12.4. The SMILES string of the molecule is CC1CN(C(=O)c2cccc(=O)[nH]2)CCN1C. The molecule has 0 radical (unpaired) electrons. The summed E-state index contributed by atoms with van der Waals surface area (Å²) in [5, 5.41) is 0. The van der Waals surface area contributed by atoms with Crippen molar-refractivity contribution in [2.45, 2.75) is 13.0 Å². The smallest absolute Gasteiger partial charge is 0.270 e.